The van der Waals surface area contributed by atoms with Crippen molar-refractivity contribution in [3.05, 3.63) is 93.8 Å². The van der Waals surface area contributed by atoms with Crippen molar-refractivity contribution in [2.75, 3.05) is 7.11 Å². The Morgan fingerprint density at radius 2 is 1.70 bits per heavy atom. The molecule has 0 saturated carbocycles. The molecule has 0 radical (unpaired) electrons. The maximum absolute atomic E-state index is 13.5. The highest BCUT2D eigenvalue weighted by Gasteiger charge is 2.44. The molecule has 0 spiro atoms. The minimum atomic E-state index is -0.599. The summed E-state index contributed by atoms with van der Waals surface area (Å²) in [7, 11) is 1.39. The minimum absolute atomic E-state index is 0.0805. The van der Waals surface area contributed by atoms with Crippen LogP contribution in [0.25, 0.3) is 11.1 Å². The molecule has 0 N–H and O–H groups in total. The Morgan fingerprint density at radius 1 is 0.970 bits per heavy atom. The summed E-state index contributed by atoms with van der Waals surface area (Å²) >= 11 is 1.68. The van der Waals surface area contributed by atoms with Crippen molar-refractivity contribution in [3.63, 3.8) is 0 Å². The summed E-state index contributed by atoms with van der Waals surface area (Å²) in [6.07, 6.45) is 1.16. The predicted octanol–water partition coefficient (Wildman–Crippen LogP) is 6.16. The number of thiophene rings is 1. The lowest BCUT2D eigenvalue weighted by atomic mass is 9.70. The average Bonchev–Trinajstić information content (AvgIpc) is 3.38. The number of carbonyl (C=O) groups excluding carboxylic acids is 2. The summed E-state index contributed by atoms with van der Waals surface area (Å²) in [5.41, 5.74) is 5.36. The van der Waals surface area contributed by atoms with Crippen LogP contribution < -0.4 is 0 Å². The lowest BCUT2D eigenvalue weighted by Gasteiger charge is -2.36. The van der Waals surface area contributed by atoms with Gasteiger partial charge in [-0.15, -0.1) is 11.3 Å². The van der Waals surface area contributed by atoms with Crippen LogP contribution >= 0.6 is 11.3 Å². The van der Waals surface area contributed by atoms with Crippen LogP contribution in [0.3, 0.4) is 0 Å². The van der Waals surface area contributed by atoms with Gasteiger partial charge in [0.05, 0.1) is 7.11 Å². The van der Waals surface area contributed by atoms with Gasteiger partial charge in [0.2, 0.25) is 0 Å². The number of esters is 1. The van der Waals surface area contributed by atoms with Crippen LogP contribution in [0.15, 0.2) is 88.4 Å². The van der Waals surface area contributed by atoms with E-state index in [1.807, 2.05) is 48.7 Å². The van der Waals surface area contributed by atoms with E-state index >= 15 is 0 Å². The Bertz CT molecular complexity index is 1240. The number of methoxy groups -OCH3 is 1. The maximum Gasteiger partial charge on any atom is 0.315 e. The van der Waals surface area contributed by atoms with E-state index in [1.165, 1.54) is 12.0 Å². The third kappa shape index (κ3) is 3.98. The number of rotatable bonds is 4. The maximum atomic E-state index is 13.5. The van der Waals surface area contributed by atoms with Crippen molar-refractivity contribution in [2.24, 2.45) is 10.9 Å². The lowest BCUT2D eigenvalue weighted by molar-refractivity contribution is -0.143. The summed E-state index contributed by atoms with van der Waals surface area (Å²) < 4.78 is 5.15. The lowest BCUT2D eigenvalue weighted by Crippen LogP contribution is -2.37. The largest absolute Gasteiger partial charge is 0.468 e. The second-order valence-electron chi connectivity index (χ2n) is 8.62. The SMILES string of the molecule is COC(=O)C1C(C)=NC2=C(C(=O)CC(c3cccs3)C2)C1c1ccc(-c2ccccc2)cc1. The highest BCUT2D eigenvalue weighted by atomic mass is 32.1. The number of hydrogen-bond acceptors (Lipinski definition) is 5. The number of carbonyl (C=O) groups is 2. The van der Waals surface area contributed by atoms with E-state index in [-0.39, 0.29) is 23.6 Å². The molecule has 0 saturated heterocycles. The molecule has 5 heteroatoms. The number of hydrogen-bond donors (Lipinski definition) is 0. The Kier molecular flexibility index (Phi) is 5.81. The fraction of sp³-hybridized carbons (Fsp3) is 0.250. The number of benzene rings is 2. The Balaban J connectivity index is 1.57. The molecular weight excluding hydrogens is 430 g/mol. The second-order valence-corrected chi connectivity index (χ2v) is 9.60. The summed E-state index contributed by atoms with van der Waals surface area (Å²) in [4.78, 5) is 32.3. The molecule has 2 aromatic carbocycles. The van der Waals surface area contributed by atoms with Gasteiger partial charge in [0.1, 0.15) is 5.92 Å². The minimum Gasteiger partial charge on any atom is -0.468 e. The van der Waals surface area contributed by atoms with E-state index < -0.39 is 5.92 Å². The molecular formula is C28H25NO3S. The number of aliphatic imine (C=N–C) groups is 1. The zero-order chi connectivity index (χ0) is 22.9. The standard InChI is InChI=1S/C28H25NO3S/c1-17-25(28(31)32-2)26(20-12-10-19(11-13-20)18-7-4-3-5-8-18)27-22(29-17)15-21(16-23(27)30)24-9-6-14-33-24/h3-14,21,25-26H,15-16H2,1-2H3. The van der Waals surface area contributed by atoms with Crippen LogP contribution in [0.4, 0.5) is 0 Å². The van der Waals surface area contributed by atoms with Crippen LogP contribution in [0.5, 0.6) is 0 Å². The van der Waals surface area contributed by atoms with Crippen molar-refractivity contribution in [1.82, 2.24) is 0 Å². The van der Waals surface area contributed by atoms with Gasteiger partial charge in [0.25, 0.3) is 0 Å². The predicted molar refractivity (Wildman–Crippen MR) is 132 cm³/mol. The molecule has 3 unspecified atom stereocenters. The molecule has 3 atom stereocenters. The van der Waals surface area contributed by atoms with Crippen molar-refractivity contribution in [2.45, 2.75) is 31.6 Å². The first kappa shape index (κ1) is 21.5. The topological polar surface area (TPSA) is 55.7 Å². The monoisotopic (exact) mass is 455 g/mol. The van der Waals surface area contributed by atoms with Crippen molar-refractivity contribution in [3.8, 4) is 11.1 Å². The third-order valence-corrected chi connectivity index (χ3v) is 7.70. The first-order valence-corrected chi connectivity index (χ1v) is 12.0. The zero-order valence-electron chi connectivity index (χ0n) is 18.7. The van der Waals surface area contributed by atoms with Crippen LogP contribution in [-0.2, 0) is 14.3 Å². The van der Waals surface area contributed by atoms with E-state index in [2.05, 4.69) is 30.3 Å². The van der Waals surface area contributed by atoms with E-state index in [9.17, 15) is 9.59 Å². The van der Waals surface area contributed by atoms with Gasteiger partial charge in [0.15, 0.2) is 5.78 Å². The summed E-state index contributed by atoms with van der Waals surface area (Å²) in [6.45, 7) is 1.87. The van der Waals surface area contributed by atoms with Crippen LogP contribution in [0.1, 0.15) is 42.0 Å². The molecule has 0 amide bonds. The number of allylic oxidation sites excluding steroid dienone is 2. The molecule has 2 aliphatic rings. The molecule has 4 nitrogen and oxygen atoms in total. The van der Waals surface area contributed by atoms with E-state index in [0.717, 1.165) is 22.4 Å². The van der Waals surface area contributed by atoms with E-state index in [1.54, 1.807) is 11.3 Å². The smallest absolute Gasteiger partial charge is 0.315 e. The van der Waals surface area contributed by atoms with Gasteiger partial charge in [-0.2, -0.15) is 0 Å². The summed E-state index contributed by atoms with van der Waals surface area (Å²) in [5, 5.41) is 2.05. The van der Waals surface area contributed by atoms with Gasteiger partial charge in [-0.3, -0.25) is 14.6 Å². The van der Waals surface area contributed by atoms with Crippen molar-refractivity contribution >= 4 is 28.8 Å². The molecule has 1 aliphatic heterocycles. The van der Waals surface area contributed by atoms with Gasteiger partial charge in [-0.1, -0.05) is 60.7 Å². The van der Waals surface area contributed by atoms with Crippen molar-refractivity contribution in [1.29, 1.82) is 0 Å². The van der Waals surface area contributed by atoms with E-state index in [4.69, 9.17) is 9.73 Å². The Labute approximate surface area is 197 Å². The van der Waals surface area contributed by atoms with E-state index in [0.29, 0.717) is 24.1 Å². The average molecular weight is 456 g/mol. The number of ether oxygens (including phenoxy) is 1. The molecule has 166 valence electrons. The third-order valence-electron chi connectivity index (χ3n) is 6.67. The van der Waals surface area contributed by atoms with Gasteiger partial charge >= 0.3 is 5.97 Å². The first-order valence-electron chi connectivity index (χ1n) is 11.1. The molecule has 5 rings (SSSR count). The zero-order valence-corrected chi connectivity index (χ0v) is 19.5. The van der Waals surface area contributed by atoms with Gasteiger partial charge in [-0.05, 0) is 41.5 Å². The molecule has 1 aromatic heterocycles. The molecule has 0 fully saturated rings. The quantitative estimate of drug-likeness (QED) is 0.443. The fourth-order valence-corrected chi connectivity index (χ4v) is 5.92. The highest BCUT2D eigenvalue weighted by molar-refractivity contribution is 7.10. The van der Waals surface area contributed by atoms with Gasteiger partial charge in [0, 0.05) is 40.1 Å². The van der Waals surface area contributed by atoms with Crippen LogP contribution in [-0.4, -0.2) is 24.6 Å². The Morgan fingerprint density at radius 3 is 2.36 bits per heavy atom. The fourth-order valence-electron chi connectivity index (χ4n) is 5.09. The highest BCUT2D eigenvalue weighted by Crippen LogP contribution is 2.47. The first-order chi connectivity index (χ1) is 16.1. The molecule has 3 aromatic rings. The van der Waals surface area contributed by atoms with Gasteiger partial charge < -0.3 is 4.74 Å². The Hall–Kier alpha value is -3.31. The molecule has 33 heavy (non-hydrogen) atoms. The molecule has 2 heterocycles. The second kappa shape index (κ2) is 8.91. The van der Waals surface area contributed by atoms with Crippen LogP contribution in [0, 0.1) is 5.92 Å². The van der Waals surface area contributed by atoms with Crippen LogP contribution in [0.2, 0.25) is 0 Å². The summed E-state index contributed by atoms with van der Waals surface area (Å²) in [5.74, 6) is -1.11. The summed E-state index contributed by atoms with van der Waals surface area (Å²) in [6, 6.07) is 22.4. The normalized spacial score (nSPS) is 22.5. The number of ketones is 1. The van der Waals surface area contributed by atoms with Gasteiger partial charge in [-0.25, -0.2) is 0 Å². The number of Topliss-reactive ketones (excluding diaryl/α,β-unsaturated/α-hetero) is 1. The molecule has 0 bridgehead atoms. The number of nitrogens with zero attached hydrogens (tertiary/aromatic N) is 1. The van der Waals surface area contributed by atoms with Crippen molar-refractivity contribution < 1.29 is 14.3 Å². The molecule has 1 aliphatic carbocycles.